The van der Waals surface area contributed by atoms with Crippen molar-refractivity contribution >= 4 is 28.4 Å². The smallest absolute Gasteiger partial charge is 0.255 e. The molecule has 1 amide bonds. The molecule has 0 saturated carbocycles. The summed E-state index contributed by atoms with van der Waals surface area (Å²) in [5.74, 6) is 1.49. The van der Waals surface area contributed by atoms with Crippen molar-refractivity contribution in [2.45, 2.75) is 12.5 Å². The molecule has 1 aliphatic rings. The molecule has 0 fully saturated rings. The zero-order valence-corrected chi connectivity index (χ0v) is 22.0. The number of ether oxygens (including phenoxy) is 2. The van der Waals surface area contributed by atoms with Crippen LogP contribution in [0.4, 0.5) is 0 Å². The monoisotopic (exact) mass is 522 g/mol. The fraction of sp³-hybridized carbons (Fsp3) is 0.156. The zero-order chi connectivity index (χ0) is 26.2. The van der Waals surface area contributed by atoms with Gasteiger partial charge in [0.15, 0.2) is 0 Å². The number of carbonyl (C=O) groups is 1. The van der Waals surface area contributed by atoms with Crippen molar-refractivity contribution in [3.8, 4) is 22.8 Å². The number of para-hydroxylation sites is 1. The summed E-state index contributed by atoms with van der Waals surface area (Å²) in [4.78, 5) is 19.5. The summed E-state index contributed by atoms with van der Waals surface area (Å²) >= 11 is 6.10. The van der Waals surface area contributed by atoms with E-state index in [1.165, 1.54) is 0 Å². The Kier molecular flexibility index (Phi) is 6.30. The van der Waals surface area contributed by atoms with Gasteiger partial charge in [0.25, 0.3) is 5.91 Å². The number of H-pyrrole nitrogens is 1. The highest BCUT2D eigenvalue weighted by molar-refractivity contribution is 6.30. The fourth-order valence-electron chi connectivity index (χ4n) is 5.48. The van der Waals surface area contributed by atoms with Crippen LogP contribution in [0, 0.1) is 0 Å². The Morgan fingerprint density at radius 1 is 0.868 bits per heavy atom. The molecule has 190 valence electrons. The second kappa shape index (κ2) is 9.92. The minimum Gasteiger partial charge on any atom is -0.497 e. The standard InChI is InChI=1S/C32H27ClN2O3/c1-37-22-15-16-28(38-2)26(19-22)30-29(25-9-5-6-10-27(25)34-30)31-23-7-3-4-8-24(23)32(36)35(31)18-17-20-11-13-21(33)14-12-20/h3-16,19,31,34H,17-18H2,1-2H3/t31-/m1/s1. The number of hydrogen-bond donors (Lipinski definition) is 1. The van der Waals surface area contributed by atoms with Crippen molar-refractivity contribution in [3.05, 3.63) is 118 Å². The average molecular weight is 523 g/mol. The first-order chi connectivity index (χ1) is 18.6. The largest absolute Gasteiger partial charge is 0.497 e. The van der Waals surface area contributed by atoms with Crippen molar-refractivity contribution in [2.24, 2.45) is 0 Å². The van der Waals surface area contributed by atoms with Crippen molar-refractivity contribution in [1.29, 1.82) is 0 Å². The van der Waals surface area contributed by atoms with E-state index in [2.05, 4.69) is 23.2 Å². The van der Waals surface area contributed by atoms with Crippen LogP contribution in [-0.4, -0.2) is 36.6 Å². The van der Waals surface area contributed by atoms with E-state index >= 15 is 0 Å². The summed E-state index contributed by atoms with van der Waals surface area (Å²) in [6, 6.07) is 29.5. The third-order valence-corrected chi connectivity index (χ3v) is 7.56. The first-order valence-electron chi connectivity index (χ1n) is 12.6. The van der Waals surface area contributed by atoms with E-state index in [1.807, 2.05) is 77.7 Å². The Hall–Kier alpha value is -4.22. The maximum atomic E-state index is 13.8. The number of benzene rings is 4. The van der Waals surface area contributed by atoms with E-state index in [1.54, 1.807) is 14.2 Å². The van der Waals surface area contributed by atoms with Gasteiger partial charge in [-0.25, -0.2) is 0 Å². The van der Waals surface area contributed by atoms with E-state index in [-0.39, 0.29) is 11.9 Å². The quantitative estimate of drug-likeness (QED) is 0.244. The molecule has 6 heteroatoms. The number of amides is 1. The van der Waals surface area contributed by atoms with Gasteiger partial charge in [-0.2, -0.15) is 0 Å². The lowest BCUT2D eigenvalue weighted by atomic mass is 9.92. The first-order valence-corrected chi connectivity index (χ1v) is 12.9. The molecular formula is C32H27ClN2O3. The molecule has 0 spiro atoms. The molecule has 1 aromatic heterocycles. The van der Waals surface area contributed by atoms with Crippen LogP contribution in [0.3, 0.4) is 0 Å². The minimum absolute atomic E-state index is 0.0356. The van der Waals surface area contributed by atoms with Crippen LogP contribution in [0.2, 0.25) is 5.02 Å². The molecule has 0 radical (unpaired) electrons. The Bertz CT molecular complexity index is 1640. The van der Waals surface area contributed by atoms with E-state index in [0.717, 1.165) is 55.9 Å². The molecule has 2 heterocycles. The number of halogens is 1. The summed E-state index contributed by atoms with van der Waals surface area (Å²) < 4.78 is 11.3. The van der Waals surface area contributed by atoms with E-state index < -0.39 is 0 Å². The molecule has 6 rings (SSSR count). The summed E-state index contributed by atoms with van der Waals surface area (Å²) in [7, 11) is 3.32. The number of hydrogen-bond acceptors (Lipinski definition) is 3. The molecule has 38 heavy (non-hydrogen) atoms. The Morgan fingerprint density at radius 2 is 1.63 bits per heavy atom. The number of methoxy groups -OCH3 is 2. The number of nitrogens with zero attached hydrogens (tertiary/aromatic N) is 1. The van der Waals surface area contributed by atoms with Crippen LogP contribution < -0.4 is 9.47 Å². The van der Waals surface area contributed by atoms with E-state index in [9.17, 15) is 4.79 Å². The predicted molar refractivity (Wildman–Crippen MR) is 151 cm³/mol. The van der Waals surface area contributed by atoms with Crippen LogP contribution >= 0.6 is 11.6 Å². The SMILES string of the molecule is COc1ccc(OC)c(-c2[nH]c3ccccc3c2[C@H]2c3ccccc3C(=O)N2CCc2ccc(Cl)cc2)c1. The van der Waals surface area contributed by atoms with E-state index in [0.29, 0.717) is 18.0 Å². The van der Waals surface area contributed by atoms with E-state index in [4.69, 9.17) is 21.1 Å². The number of aromatic nitrogens is 1. The molecule has 0 aliphatic carbocycles. The lowest BCUT2D eigenvalue weighted by Crippen LogP contribution is -2.31. The number of rotatable bonds is 7. The highest BCUT2D eigenvalue weighted by Crippen LogP contribution is 2.47. The summed E-state index contributed by atoms with van der Waals surface area (Å²) in [6.45, 7) is 0.563. The molecule has 4 aromatic carbocycles. The van der Waals surface area contributed by atoms with Gasteiger partial charge in [0.1, 0.15) is 11.5 Å². The van der Waals surface area contributed by atoms with Gasteiger partial charge in [0.05, 0.1) is 26.0 Å². The predicted octanol–water partition coefficient (Wildman–Crippen LogP) is 7.29. The highest BCUT2D eigenvalue weighted by Gasteiger charge is 2.40. The third-order valence-electron chi connectivity index (χ3n) is 7.31. The van der Waals surface area contributed by atoms with Gasteiger partial charge in [-0.15, -0.1) is 0 Å². The van der Waals surface area contributed by atoms with Gasteiger partial charge in [-0.05, 0) is 60.0 Å². The zero-order valence-electron chi connectivity index (χ0n) is 21.2. The van der Waals surface area contributed by atoms with Crippen LogP contribution in [0.15, 0.2) is 91.0 Å². The Balaban J connectivity index is 1.54. The normalized spacial score (nSPS) is 14.7. The van der Waals surface area contributed by atoms with Crippen molar-refractivity contribution in [2.75, 3.05) is 20.8 Å². The summed E-state index contributed by atoms with van der Waals surface area (Å²) in [6.07, 6.45) is 0.716. The lowest BCUT2D eigenvalue weighted by Gasteiger charge is -2.27. The van der Waals surface area contributed by atoms with Crippen LogP contribution in [0.25, 0.3) is 22.2 Å². The molecule has 1 atom stereocenters. The maximum absolute atomic E-state index is 13.8. The fourth-order valence-corrected chi connectivity index (χ4v) is 5.61. The molecular weight excluding hydrogens is 496 g/mol. The van der Waals surface area contributed by atoms with Gasteiger partial charge in [0, 0.05) is 39.2 Å². The van der Waals surface area contributed by atoms with Crippen molar-refractivity contribution in [3.63, 3.8) is 0 Å². The molecule has 5 aromatic rings. The lowest BCUT2D eigenvalue weighted by molar-refractivity contribution is 0.0753. The third kappa shape index (κ3) is 4.09. The summed E-state index contributed by atoms with van der Waals surface area (Å²) in [5, 5.41) is 1.77. The Morgan fingerprint density at radius 3 is 2.42 bits per heavy atom. The topological polar surface area (TPSA) is 54.6 Å². The van der Waals surface area contributed by atoms with Crippen molar-refractivity contribution in [1.82, 2.24) is 9.88 Å². The highest BCUT2D eigenvalue weighted by atomic mass is 35.5. The number of fused-ring (bicyclic) bond motifs is 2. The minimum atomic E-state index is -0.270. The molecule has 0 bridgehead atoms. The second-order valence-electron chi connectivity index (χ2n) is 9.39. The van der Waals surface area contributed by atoms with Gasteiger partial charge >= 0.3 is 0 Å². The van der Waals surface area contributed by atoms with Crippen molar-refractivity contribution < 1.29 is 14.3 Å². The van der Waals surface area contributed by atoms with Crippen LogP contribution in [0.1, 0.15) is 33.1 Å². The van der Waals surface area contributed by atoms with Gasteiger partial charge in [-0.3, -0.25) is 4.79 Å². The number of nitrogens with one attached hydrogen (secondary N) is 1. The number of aromatic amines is 1. The Labute approximate surface area is 226 Å². The second-order valence-corrected chi connectivity index (χ2v) is 9.83. The first kappa shape index (κ1) is 24.1. The van der Waals surface area contributed by atoms with Gasteiger partial charge in [0.2, 0.25) is 0 Å². The molecule has 0 unspecified atom stereocenters. The maximum Gasteiger partial charge on any atom is 0.255 e. The average Bonchev–Trinajstić information content (AvgIpc) is 3.47. The van der Waals surface area contributed by atoms with Gasteiger partial charge < -0.3 is 19.4 Å². The number of carbonyl (C=O) groups excluding carboxylic acids is 1. The molecule has 5 nitrogen and oxygen atoms in total. The molecule has 1 N–H and O–H groups in total. The summed E-state index contributed by atoms with van der Waals surface area (Å²) in [5.41, 5.74) is 6.70. The van der Waals surface area contributed by atoms with Crippen LogP contribution in [-0.2, 0) is 6.42 Å². The van der Waals surface area contributed by atoms with Crippen LogP contribution in [0.5, 0.6) is 11.5 Å². The van der Waals surface area contributed by atoms with Gasteiger partial charge in [-0.1, -0.05) is 60.1 Å². The molecule has 0 saturated heterocycles. The molecule has 1 aliphatic heterocycles.